The number of anilines is 1. The summed E-state index contributed by atoms with van der Waals surface area (Å²) in [7, 11) is 0. The van der Waals surface area contributed by atoms with Crippen molar-refractivity contribution in [1.29, 1.82) is 0 Å². The van der Waals surface area contributed by atoms with Gasteiger partial charge in [-0.15, -0.1) is 0 Å². The predicted octanol–water partition coefficient (Wildman–Crippen LogP) is 3.34. The largest absolute Gasteiger partial charge is 0.479 e. The van der Waals surface area contributed by atoms with Gasteiger partial charge < -0.3 is 14.5 Å². The van der Waals surface area contributed by atoms with Crippen LogP contribution in [-0.4, -0.2) is 21.4 Å². The van der Waals surface area contributed by atoms with Crippen LogP contribution >= 0.6 is 0 Å². The van der Waals surface area contributed by atoms with Crippen molar-refractivity contribution in [2.75, 3.05) is 5.32 Å². The van der Waals surface area contributed by atoms with Crippen molar-refractivity contribution in [3.8, 4) is 17.0 Å². The van der Waals surface area contributed by atoms with E-state index < -0.39 is 6.10 Å². The lowest BCUT2D eigenvalue weighted by atomic mass is 10.1. The van der Waals surface area contributed by atoms with Crippen LogP contribution in [0.5, 0.6) is 5.75 Å². The number of nitrogens with one attached hydrogen (secondary N) is 1. The van der Waals surface area contributed by atoms with Crippen molar-refractivity contribution >= 4 is 17.2 Å². The highest BCUT2D eigenvalue weighted by atomic mass is 16.5. The Labute approximate surface area is 133 Å². The van der Waals surface area contributed by atoms with E-state index in [-0.39, 0.29) is 5.91 Å². The number of rotatable bonds is 1. The third-order valence-corrected chi connectivity index (χ3v) is 4.27. The number of amides is 1. The lowest BCUT2D eigenvalue weighted by Crippen LogP contribution is -2.34. The first kappa shape index (κ1) is 13.8. The van der Waals surface area contributed by atoms with E-state index in [1.165, 1.54) is 0 Å². The fourth-order valence-corrected chi connectivity index (χ4v) is 2.95. The summed E-state index contributed by atoms with van der Waals surface area (Å²) in [5.41, 5.74) is 5.72. The molecule has 5 nitrogen and oxygen atoms in total. The normalized spacial score (nSPS) is 16.8. The highest BCUT2D eigenvalue weighted by Crippen LogP contribution is 2.35. The van der Waals surface area contributed by atoms with Crippen molar-refractivity contribution in [1.82, 2.24) is 9.38 Å². The Morgan fingerprint density at radius 2 is 2.09 bits per heavy atom. The maximum absolute atomic E-state index is 11.8. The summed E-state index contributed by atoms with van der Waals surface area (Å²) in [6.07, 6.45) is 1.55. The number of pyridine rings is 1. The number of benzene rings is 1. The Bertz CT molecular complexity index is 943. The molecule has 0 fully saturated rings. The number of imidazole rings is 1. The number of aryl methyl sites for hydroxylation is 2. The average Bonchev–Trinajstić information content (AvgIpc) is 2.87. The zero-order valence-electron chi connectivity index (χ0n) is 13.3. The molecule has 23 heavy (non-hydrogen) atoms. The monoisotopic (exact) mass is 307 g/mol. The summed E-state index contributed by atoms with van der Waals surface area (Å²) in [4.78, 5) is 16.6. The van der Waals surface area contributed by atoms with E-state index in [1.807, 2.05) is 50.4 Å². The molecule has 5 heteroatoms. The van der Waals surface area contributed by atoms with E-state index in [1.54, 1.807) is 6.92 Å². The van der Waals surface area contributed by atoms with Crippen LogP contribution in [-0.2, 0) is 4.79 Å². The number of ether oxygens (including phenoxy) is 1. The highest BCUT2D eigenvalue weighted by Gasteiger charge is 2.24. The van der Waals surface area contributed by atoms with Crippen molar-refractivity contribution < 1.29 is 9.53 Å². The molecule has 1 aliphatic heterocycles. The summed E-state index contributed by atoms with van der Waals surface area (Å²) in [6, 6.07) is 9.85. The van der Waals surface area contributed by atoms with Gasteiger partial charge in [-0.05, 0) is 50.6 Å². The number of hydrogen-bond donors (Lipinski definition) is 1. The first-order valence-corrected chi connectivity index (χ1v) is 7.61. The van der Waals surface area contributed by atoms with Crippen LogP contribution in [0, 0.1) is 13.8 Å². The van der Waals surface area contributed by atoms with Crippen LogP contribution in [0.25, 0.3) is 16.9 Å². The van der Waals surface area contributed by atoms with E-state index in [4.69, 9.17) is 9.72 Å². The molecule has 3 heterocycles. The van der Waals surface area contributed by atoms with Gasteiger partial charge in [0.25, 0.3) is 5.91 Å². The van der Waals surface area contributed by atoms with Gasteiger partial charge in [-0.25, -0.2) is 4.98 Å². The first-order valence-electron chi connectivity index (χ1n) is 7.61. The number of fused-ring (bicyclic) bond motifs is 2. The molecule has 1 aromatic carbocycles. The van der Waals surface area contributed by atoms with Gasteiger partial charge in [0.05, 0.1) is 11.4 Å². The fraction of sp³-hybridized carbons (Fsp3) is 0.222. The molecule has 1 amide bonds. The van der Waals surface area contributed by atoms with Gasteiger partial charge >= 0.3 is 0 Å². The third kappa shape index (κ3) is 2.08. The van der Waals surface area contributed by atoms with E-state index in [2.05, 4.69) is 9.72 Å². The summed E-state index contributed by atoms with van der Waals surface area (Å²) in [5.74, 6) is 0.565. The van der Waals surface area contributed by atoms with Gasteiger partial charge in [0.2, 0.25) is 0 Å². The average molecular weight is 307 g/mol. The molecule has 0 saturated heterocycles. The quantitative estimate of drug-likeness (QED) is 0.750. The topological polar surface area (TPSA) is 55.6 Å². The van der Waals surface area contributed by atoms with Gasteiger partial charge in [-0.1, -0.05) is 6.07 Å². The molecule has 0 bridgehead atoms. The zero-order valence-corrected chi connectivity index (χ0v) is 13.3. The first-order chi connectivity index (χ1) is 11.0. The van der Waals surface area contributed by atoms with Gasteiger partial charge in [0.1, 0.15) is 11.4 Å². The smallest absolute Gasteiger partial charge is 0.265 e. The maximum atomic E-state index is 11.8. The van der Waals surface area contributed by atoms with Gasteiger partial charge in [0.15, 0.2) is 6.10 Å². The molecule has 1 aliphatic rings. The lowest BCUT2D eigenvalue weighted by Gasteiger charge is -2.23. The second-order valence-electron chi connectivity index (χ2n) is 5.89. The Kier molecular flexibility index (Phi) is 2.91. The summed E-state index contributed by atoms with van der Waals surface area (Å²) >= 11 is 0. The summed E-state index contributed by atoms with van der Waals surface area (Å²) in [5, 5.41) is 2.89. The molecule has 0 saturated carbocycles. The van der Waals surface area contributed by atoms with Crippen molar-refractivity contribution in [3.05, 3.63) is 47.8 Å². The molecule has 1 atom stereocenters. The minimum atomic E-state index is -0.465. The maximum Gasteiger partial charge on any atom is 0.265 e. The van der Waals surface area contributed by atoms with Crippen molar-refractivity contribution in [3.63, 3.8) is 0 Å². The van der Waals surface area contributed by atoms with Gasteiger partial charge in [-0.2, -0.15) is 0 Å². The Balaban J connectivity index is 1.86. The lowest BCUT2D eigenvalue weighted by molar-refractivity contribution is -0.122. The predicted molar refractivity (Wildman–Crippen MR) is 88.8 cm³/mol. The number of aromatic nitrogens is 2. The van der Waals surface area contributed by atoms with Crippen LogP contribution in [0.4, 0.5) is 5.69 Å². The molecule has 1 N–H and O–H groups in total. The molecule has 0 radical (unpaired) electrons. The van der Waals surface area contributed by atoms with E-state index >= 15 is 0 Å². The Morgan fingerprint density at radius 3 is 2.87 bits per heavy atom. The SMILES string of the molecule is Cc1cccn2c(C)c(-c3ccc4c(c3)NC(=O)C(C)O4)nc12. The highest BCUT2D eigenvalue weighted by molar-refractivity contribution is 5.98. The Hall–Kier alpha value is -2.82. The van der Waals surface area contributed by atoms with E-state index in [9.17, 15) is 4.79 Å². The molecular formula is C18H17N3O2. The number of hydrogen-bond acceptors (Lipinski definition) is 3. The molecule has 0 spiro atoms. The third-order valence-electron chi connectivity index (χ3n) is 4.27. The van der Waals surface area contributed by atoms with Crippen LogP contribution in [0.1, 0.15) is 18.2 Å². The standard InChI is InChI=1S/C18H17N3O2/c1-10-5-4-8-21-11(2)16(20-17(10)21)13-6-7-15-14(9-13)19-18(22)12(3)23-15/h4-9,12H,1-3H3,(H,19,22). The van der Waals surface area contributed by atoms with E-state index in [0.717, 1.165) is 28.2 Å². The van der Waals surface area contributed by atoms with Gasteiger partial charge in [-0.3, -0.25) is 4.79 Å². The van der Waals surface area contributed by atoms with Gasteiger partial charge in [0, 0.05) is 17.5 Å². The molecule has 116 valence electrons. The second-order valence-corrected chi connectivity index (χ2v) is 5.89. The summed E-state index contributed by atoms with van der Waals surface area (Å²) < 4.78 is 7.69. The number of carbonyl (C=O) groups excluding carboxylic acids is 1. The fourth-order valence-electron chi connectivity index (χ4n) is 2.95. The van der Waals surface area contributed by atoms with Crippen LogP contribution in [0.2, 0.25) is 0 Å². The Morgan fingerprint density at radius 1 is 1.26 bits per heavy atom. The minimum absolute atomic E-state index is 0.128. The second kappa shape index (κ2) is 4.84. The van der Waals surface area contributed by atoms with Crippen molar-refractivity contribution in [2.24, 2.45) is 0 Å². The van der Waals surface area contributed by atoms with Crippen LogP contribution in [0.15, 0.2) is 36.5 Å². The number of nitrogens with zero attached hydrogens (tertiary/aromatic N) is 2. The molecule has 0 aliphatic carbocycles. The van der Waals surface area contributed by atoms with Crippen LogP contribution in [0.3, 0.4) is 0 Å². The minimum Gasteiger partial charge on any atom is -0.479 e. The van der Waals surface area contributed by atoms with Crippen molar-refractivity contribution in [2.45, 2.75) is 26.9 Å². The van der Waals surface area contributed by atoms with Crippen LogP contribution < -0.4 is 10.1 Å². The van der Waals surface area contributed by atoms with E-state index in [0.29, 0.717) is 11.4 Å². The molecule has 2 aromatic heterocycles. The molecule has 4 rings (SSSR count). The molecular weight excluding hydrogens is 290 g/mol. The number of carbonyl (C=O) groups is 1. The molecule has 1 unspecified atom stereocenters. The summed E-state index contributed by atoms with van der Waals surface area (Å²) in [6.45, 7) is 5.83. The zero-order chi connectivity index (χ0) is 16.1. The molecule has 3 aromatic rings.